The van der Waals surface area contributed by atoms with Crippen molar-refractivity contribution in [3.63, 3.8) is 0 Å². The van der Waals surface area contributed by atoms with Crippen LogP contribution in [0.1, 0.15) is 50.6 Å². The number of nitrogens with one attached hydrogen (secondary N) is 1. The summed E-state index contributed by atoms with van der Waals surface area (Å²) in [7, 11) is 5.52. The second-order valence-corrected chi connectivity index (χ2v) is 9.91. The number of esters is 1. The lowest BCUT2D eigenvalue weighted by molar-refractivity contribution is -0.156. The van der Waals surface area contributed by atoms with Crippen molar-refractivity contribution < 1.29 is 14.3 Å². The number of anilines is 1. The Morgan fingerprint density at radius 3 is 2.67 bits per heavy atom. The highest BCUT2D eigenvalue weighted by atomic mass is 32.1. The van der Waals surface area contributed by atoms with Crippen LogP contribution in [0.25, 0.3) is 10.2 Å². The molecule has 0 radical (unpaired) electrons. The SMILES string of the molecule is CCC(C(c1ccc2nc(NC(=O)C3(C(=O)OC)CCCC3)sc2c1)n1ccnc1)N(C)C. The molecule has 33 heavy (non-hydrogen) atoms. The Kier molecular flexibility index (Phi) is 6.81. The minimum atomic E-state index is -1.11. The molecule has 2 atom stereocenters. The van der Waals surface area contributed by atoms with Gasteiger partial charge < -0.3 is 19.5 Å². The summed E-state index contributed by atoms with van der Waals surface area (Å²) in [6, 6.07) is 6.61. The van der Waals surface area contributed by atoms with Gasteiger partial charge in [-0.1, -0.05) is 37.2 Å². The lowest BCUT2D eigenvalue weighted by Crippen LogP contribution is -2.41. The standard InChI is InChI=1S/C24H31N5O3S/c1-5-18(28(2)3)20(29-13-12-25-15-29)16-8-9-17-19(14-16)33-23(26-17)27-21(30)24(22(31)32-4)10-6-7-11-24/h8-9,12-15,18,20H,5-7,10-11H2,1-4H3,(H,26,27,30). The van der Waals surface area contributed by atoms with Gasteiger partial charge in [-0.2, -0.15) is 0 Å². The van der Waals surface area contributed by atoms with Crippen LogP contribution < -0.4 is 5.32 Å². The van der Waals surface area contributed by atoms with Crippen molar-refractivity contribution in [1.82, 2.24) is 19.4 Å². The number of nitrogens with zero attached hydrogens (tertiary/aromatic N) is 4. The van der Waals surface area contributed by atoms with E-state index in [1.807, 2.05) is 18.6 Å². The maximum atomic E-state index is 13.1. The molecule has 0 bridgehead atoms. The van der Waals surface area contributed by atoms with Crippen molar-refractivity contribution in [3.05, 3.63) is 42.5 Å². The number of carbonyl (C=O) groups excluding carboxylic acids is 2. The second-order valence-electron chi connectivity index (χ2n) is 8.88. The number of imidazole rings is 1. The largest absolute Gasteiger partial charge is 0.468 e. The molecule has 176 valence electrons. The van der Waals surface area contributed by atoms with Gasteiger partial charge >= 0.3 is 5.97 Å². The maximum Gasteiger partial charge on any atom is 0.321 e. The van der Waals surface area contributed by atoms with Crippen molar-refractivity contribution >= 4 is 38.6 Å². The molecule has 1 aliphatic rings. The molecule has 0 spiro atoms. The van der Waals surface area contributed by atoms with E-state index in [4.69, 9.17) is 4.74 Å². The maximum absolute atomic E-state index is 13.1. The molecule has 1 amide bonds. The summed E-state index contributed by atoms with van der Waals surface area (Å²) in [5.74, 6) is -0.778. The molecule has 4 rings (SSSR count). The van der Waals surface area contributed by atoms with Crippen molar-refractivity contribution in [2.24, 2.45) is 5.41 Å². The fourth-order valence-corrected chi connectivity index (χ4v) is 5.90. The van der Waals surface area contributed by atoms with E-state index in [2.05, 4.69) is 57.9 Å². The summed E-state index contributed by atoms with van der Waals surface area (Å²) in [4.78, 5) is 36.6. The highest BCUT2D eigenvalue weighted by Gasteiger charge is 2.49. The van der Waals surface area contributed by atoms with Crippen LogP contribution in [0.15, 0.2) is 36.9 Å². The Labute approximate surface area is 198 Å². The lowest BCUT2D eigenvalue weighted by atomic mass is 9.85. The number of fused-ring (bicyclic) bond motifs is 1. The van der Waals surface area contributed by atoms with Gasteiger partial charge in [0, 0.05) is 18.4 Å². The number of hydrogen-bond donors (Lipinski definition) is 1. The van der Waals surface area contributed by atoms with Crippen LogP contribution >= 0.6 is 11.3 Å². The van der Waals surface area contributed by atoms with E-state index in [1.165, 1.54) is 18.4 Å². The topological polar surface area (TPSA) is 89.3 Å². The van der Waals surface area contributed by atoms with Crippen molar-refractivity contribution in [1.29, 1.82) is 0 Å². The molecule has 2 unspecified atom stereocenters. The first-order valence-electron chi connectivity index (χ1n) is 11.3. The lowest BCUT2D eigenvalue weighted by Gasteiger charge is -2.33. The smallest absolute Gasteiger partial charge is 0.321 e. The van der Waals surface area contributed by atoms with E-state index in [0.717, 1.165) is 35.0 Å². The van der Waals surface area contributed by atoms with Crippen LogP contribution in [-0.2, 0) is 14.3 Å². The number of thiazole rings is 1. The number of likely N-dealkylation sites (N-methyl/N-ethyl adjacent to an activating group) is 1. The average molecular weight is 470 g/mol. The molecule has 2 heterocycles. The molecule has 1 N–H and O–H groups in total. The van der Waals surface area contributed by atoms with Gasteiger partial charge in [-0.25, -0.2) is 9.97 Å². The molecule has 3 aromatic rings. The molecular formula is C24H31N5O3S. The fraction of sp³-hybridized carbons (Fsp3) is 0.500. The summed E-state index contributed by atoms with van der Waals surface area (Å²) < 4.78 is 8.08. The number of methoxy groups -OCH3 is 1. The number of rotatable bonds is 8. The van der Waals surface area contributed by atoms with E-state index in [0.29, 0.717) is 18.0 Å². The van der Waals surface area contributed by atoms with Gasteiger partial charge in [-0.05, 0) is 51.1 Å². The van der Waals surface area contributed by atoms with Crippen LogP contribution in [-0.4, -0.2) is 58.6 Å². The molecule has 9 heteroatoms. The highest BCUT2D eigenvalue weighted by molar-refractivity contribution is 7.22. The molecule has 0 aliphatic heterocycles. The first-order chi connectivity index (χ1) is 15.9. The Hall–Kier alpha value is -2.78. The molecule has 1 aromatic carbocycles. The predicted molar refractivity (Wildman–Crippen MR) is 129 cm³/mol. The Balaban J connectivity index is 1.64. The molecule has 8 nitrogen and oxygen atoms in total. The van der Waals surface area contributed by atoms with Crippen LogP contribution in [0, 0.1) is 5.41 Å². The van der Waals surface area contributed by atoms with Gasteiger partial charge in [0.05, 0.1) is 29.7 Å². The zero-order valence-corrected chi connectivity index (χ0v) is 20.4. The average Bonchev–Trinajstić information content (AvgIpc) is 3.56. The second kappa shape index (κ2) is 9.61. The minimum absolute atomic E-state index is 0.0955. The van der Waals surface area contributed by atoms with Gasteiger partial charge in [0.25, 0.3) is 0 Å². The molecular weight excluding hydrogens is 438 g/mol. The van der Waals surface area contributed by atoms with E-state index < -0.39 is 11.4 Å². The minimum Gasteiger partial charge on any atom is -0.468 e. The van der Waals surface area contributed by atoms with E-state index >= 15 is 0 Å². The number of ether oxygens (including phenoxy) is 1. The van der Waals surface area contributed by atoms with Gasteiger partial charge in [-0.3, -0.25) is 9.59 Å². The van der Waals surface area contributed by atoms with Crippen molar-refractivity contribution in [2.45, 2.75) is 51.1 Å². The molecule has 2 aromatic heterocycles. The van der Waals surface area contributed by atoms with Crippen LogP contribution in [0.5, 0.6) is 0 Å². The quantitative estimate of drug-likeness (QED) is 0.395. The zero-order valence-electron chi connectivity index (χ0n) is 19.6. The summed E-state index contributed by atoms with van der Waals surface area (Å²) in [6.45, 7) is 2.19. The number of amides is 1. The Bertz CT molecular complexity index is 1120. The normalized spacial score (nSPS) is 17.2. The third kappa shape index (κ3) is 4.39. The zero-order chi connectivity index (χ0) is 23.6. The third-order valence-corrected chi connectivity index (χ3v) is 7.67. The first kappa shape index (κ1) is 23.4. The fourth-order valence-electron chi connectivity index (χ4n) is 4.99. The van der Waals surface area contributed by atoms with E-state index in [-0.39, 0.29) is 18.0 Å². The predicted octanol–water partition coefficient (Wildman–Crippen LogP) is 4.09. The van der Waals surface area contributed by atoms with Gasteiger partial charge in [0.2, 0.25) is 5.91 Å². The van der Waals surface area contributed by atoms with E-state index in [1.54, 1.807) is 6.20 Å². The van der Waals surface area contributed by atoms with Crippen LogP contribution in [0.2, 0.25) is 0 Å². The number of aromatic nitrogens is 3. The van der Waals surface area contributed by atoms with Crippen molar-refractivity contribution in [3.8, 4) is 0 Å². The molecule has 1 fully saturated rings. The first-order valence-corrected chi connectivity index (χ1v) is 12.2. The molecule has 1 aliphatic carbocycles. The number of hydrogen-bond acceptors (Lipinski definition) is 7. The van der Waals surface area contributed by atoms with Gasteiger partial charge in [0.15, 0.2) is 5.13 Å². The van der Waals surface area contributed by atoms with Crippen LogP contribution in [0.4, 0.5) is 5.13 Å². The van der Waals surface area contributed by atoms with Crippen LogP contribution in [0.3, 0.4) is 0 Å². The van der Waals surface area contributed by atoms with Gasteiger partial charge in [0.1, 0.15) is 5.41 Å². The third-order valence-electron chi connectivity index (χ3n) is 6.73. The summed E-state index contributed by atoms with van der Waals surface area (Å²) in [5.41, 5.74) is 0.869. The monoisotopic (exact) mass is 469 g/mol. The molecule has 0 saturated heterocycles. The van der Waals surface area contributed by atoms with Gasteiger partial charge in [-0.15, -0.1) is 0 Å². The Morgan fingerprint density at radius 2 is 2.06 bits per heavy atom. The highest BCUT2D eigenvalue weighted by Crippen LogP contribution is 2.41. The number of carbonyl (C=O) groups is 2. The Morgan fingerprint density at radius 1 is 1.30 bits per heavy atom. The van der Waals surface area contributed by atoms with Crippen molar-refractivity contribution in [2.75, 3.05) is 26.5 Å². The summed E-state index contributed by atoms with van der Waals surface area (Å²) in [6.07, 6.45) is 9.33. The summed E-state index contributed by atoms with van der Waals surface area (Å²) >= 11 is 1.43. The van der Waals surface area contributed by atoms with E-state index in [9.17, 15) is 9.59 Å². The number of benzene rings is 1. The molecule has 1 saturated carbocycles. The summed E-state index contributed by atoms with van der Waals surface area (Å²) in [5, 5.41) is 3.40.